The van der Waals surface area contributed by atoms with Crippen molar-refractivity contribution in [3.8, 4) is 0 Å². The van der Waals surface area contributed by atoms with Gasteiger partial charge in [-0.05, 0) is 30.5 Å². The highest BCUT2D eigenvalue weighted by Gasteiger charge is 2.10. The van der Waals surface area contributed by atoms with E-state index in [2.05, 4.69) is 26.1 Å². The van der Waals surface area contributed by atoms with Gasteiger partial charge in [0.1, 0.15) is 0 Å². The van der Waals surface area contributed by atoms with Crippen LogP contribution < -0.4 is 10.5 Å². The first-order valence-corrected chi connectivity index (χ1v) is 7.89. The summed E-state index contributed by atoms with van der Waals surface area (Å²) in [7, 11) is -3.45. The summed E-state index contributed by atoms with van der Waals surface area (Å²) >= 11 is 0. The van der Waals surface area contributed by atoms with Crippen LogP contribution in [-0.2, 0) is 15.8 Å². The second-order valence-corrected chi connectivity index (χ2v) is 6.44. The maximum atomic E-state index is 11.0. The molecule has 0 fully saturated rings. The van der Waals surface area contributed by atoms with E-state index >= 15 is 0 Å². The van der Waals surface area contributed by atoms with Gasteiger partial charge in [0.2, 0.25) is 10.0 Å². The molecule has 0 bridgehead atoms. The molecule has 3 N–H and O–H groups in total. The number of benzene rings is 1. The molecule has 1 aromatic rings. The van der Waals surface area contributed by atoms with Crippen molar-refractivity contribution in [1.82, 2.24) is 0 Å². The third-order valence-corrected chi connectivity index (χ3v) is 3.95. The highest BCUT2D eigenvalue weighted by Crippen LogP contribution is 2.16. The third kappa shape index (κ3) is 5.06. The summed E-state index contributed by atoms with van der Waals surface area (Å²) in [6.07, 6.45) is 1.12. The lowest BCUT2D eigenvalue weighted by molar-refractivity contribution is 0.494. The first kappa shape index (κ1) is 15.0. The van der Waals surface area contributed by atoms with Gasteiger partial charge in [0.15, 0.2) is 0 Å². The molecule has 2 unspecified atom stereocenters. The van der Waals surface area contributed by atoms with E-state index in [-0.39, 0.29) is 5.75 Å². The molecule has 0 saturated carbocycles. The zero-order valence-corrected chi connectivity index (χ0v) is 12.0. The molecule has 0 saturated heterocycles. The fourth-order valence-corrected chi connectivity index (χ4v) is 2.35. The summed E-state index contributed by atoms with van der Waals surface area (Å²) in [5, 5.41) is 8.40. The fraction of sp³-hybridized carbons (Fsp3) is 0.538. The van der Waals surface area contributed by atoms with Crippen LogP contribution in [-0.4, -0.2) is 14.5 Å². The van der Waals surface area contributed by atoms with Crippen molar-refractivity contribution in [2.45, 2.75) is 39.0 Å². The number of sulfonamides is 1. The van der Waals surface area contributed by atoms with Crippen LogP contribution in [0.4, 0.5) is 5.69 Å². The molecule has 0 heterocycles. The Labute approximate surface area is 110 Å². The predicted octanol–water partition coefficient (Wildman–Crippen LogP) is 2.32. The van der Waals surface area contributed by atoms with Gasteiger partial charge >= 0.3 is 0 Å². The van der Waals surface area contributed by atoms with Crippen molar-refractivity contribution in [1.29, 1.82) is 0 Å². The van der Waals surface area contributed by atoms with E-state index in [1.807, 2.05) is 12.1 Å². The molecule has 2 atom stereocenters. The largest absolute Gasteiger partial charge is 0.382 e. The SMILES string of the molecule is CCC(C)C(C)Nc1ccc(CS(N)(=O)=O)cc1. The van der Waals surface area contributed by atoms with Crippen molar-refractivity contribution >= 4 is 15.7 Å². The van der Waals surface area contributed by atoms with Gasteiger partial charge in [-0.1, -0.05) is 32.4 Å². The predicted molar refractivity (Wildman–Crippen MR) is 75.8 cm³/mol. The molecule has 1 aromatic carbocycles. The first-order chi connectivity index (χ1) is 8.31. The smallest absolute Gasteiger partial charge is 0.213 e. The van der Waals surface area contributed by atoms with E-state index in [9.17, 15) is 8.42 Å². The number of hydrogen-bond donors (Lipinski definition) is 2. The van der Waals surface area contributed by atoms with Crippen LogP contribution >= 0.6 is 0 Å². The van der Waals surface area contributed by atoms with E-state index in [0.717, 1.165) is 12.1 Å². The summed E-state index contributed by atoms with van der Waals surface area (Å²) in [4.78, 5) is 0. The molecule has 0 aliphatic carbocycles. The standard InChI is InChI=1S/C13H22N2O2S/c1-4-10(2)11(3)15-13-7-5-12(6-8-13)9-18(14,16)17/h5-8,10-11,15H,4,9H2,1-3H3,(H2,14,16,17). The quantitative estimate of drug-likeness (QED) is 0.833. The Morgan fingerprint density at radius 2 is 1.78 bits per heavy atom. The third-order valence-electron chi connectivity index (χ3n) is 3.21. The summed E-state index contributed by atoms with van der Waals surface area (Å²) in [5.41, 5.74) is 1.71. The van der Waals surface area contributed by atoms with Crippen molar-refractivity contribution in [3.63, 3.8) is 0 Å². The van der Waals surface area contributed by atoms with Gasteiger partial charge in [0, 0.05) is 11.7 Å². The first-order valence-electron chi connectivity index (χ1n) is 6.17. The number of nitrogens with two attached hydrogens (primary N) is 1. The summed E-state index contributed by atoms with van der Waals surface area (Å²) in [6.45, 7) is 6.51. The Hall–Kier alpha value is -1.07. The maximum absolute atomic E-state index is 11.0. The number of anilines is 1. The zero-order valence-electron chi connectivity index (χ0n) is 11.2. The fourth-order valence-electron chi connectivity index (χ4n) is 1.69. The second-order valence-electron chi connectivity index (χ2n) is 4.82. The van der Waals surface area contributed by atoms with Crippen molar-refractivity contribution in [2.75, 3.05) is 5.32 Å². The van der Waals surface area contributed by atoms with Crippen LogP contribution in [0.15, 0.2) is 24.3 Å². The second kappa shape index (κ2) is 6.20. The van der Waals surface area contributed by atoms with E-state index in [4.69, 9.17) is 5.14 Å². The molecular weight excluding hydrogens is 248 g/mol. The minimum Gasteiger partial charge on any atom is -0.382 e. The van der Waals surface area contributed by atoms with Gasteiger partial charge < -0.3 is 5.32 Å². The van der Waals surface area contributed by atoms with Crippen LogP contribution in [0.2, 0.25) is 0 Å². The molecule has 0 radical (unpaired) electrons. The zero-order chi connectivity index (χ0) is 13.8. The lowest BCUT2D eigenvalue weighted by Crippen LogP contribution is -2.23. The maximum Gasteiger partial charge on any atom is 0.213 e. The molecule has 1 rings (SSSR count). The highest BCUT2D eigenvalue weighted by molar-refractivity contribution is 7.88. The van der Waals surface area contributed by atoms with Crippen LogP contribution in [0, 0.1) is 5.92 Å². The molecule has 0 aromatic heterocycles. The highest BCUT2D eigenvalue weighted by atomic mass is 32.2. The van der Waals surface area contributed by atoms with E-state index in [1.165, 1.54) is 0 Å². The van der Waals surface area contributed by atoms with E-state index in [1.54, 1.807) is 12.1 Å². The summed E-state index contributed by atoms with van der Waals surface area (Å²) in [5.74, 6) is 0.475. The Kier molecular flexibility index (Phi) is 5.16. The molecule has 102 valence electrons. The minimum absolute atomic E-state index is 0.117. The Bertz CT molecular complexity index is 468. The van der Waals surface area contributed by atoms with Gasteiger partial charge in [-0.25, -0.2) is 13.6 Å². The van der Waals surface area contributed by atoms with Crippen molar-refractivity contribution in [3.05, 3.63) is 29.8 Å². The van der Waals surface area contributed by atoms with Crippen LogP contribution in [0.1, 0.15) is 32.8 Å². The normalized spacial score (nSPS) is 15.1. The summed E-state index contributed by atoms with van der Waals surface area (Å²) < 4.78 is 21.9. The van der Waals surface area contributed by atoms with Crippen molar-refractivity contribution < 1.29 is 8.42 Å². The lowest BCUT2D eigenvalue weighted by Gasteiger charge is -2.21. The molecule has 0 aliphatic heterocycles. The number of nitrogens with one attached hydrogen (secondary N) is 1. The molecule has 0 spiro atoms. The van der Waals surface area contributed by atoms with Gasteiger partial charge in [-0.3, -0.25) is 0 Å². The Morgan fingerprint density at radius 1 is 1.22 bits per heavy atom. The van der Waals surface area contributed by atoms with Crippen LogP contribution in [0.3, 0.4) is 0 Å². The topological polar surface area (TPSA) is 72.2 Å². The molecule has 0 aliphatic rings. The minimum atomic E-state index is -3.45. The molecular formula is C13H22N2O2S. The van der Waals surface area contributed by atoms with Crippen LogP contribution in [0.5, 0.6) is 0 Å². The Balaban J connectivity index is 2.66. The lowest BCUT2D eigenvalue weighted by atomic mass is 10.0. The van der Waals surface area contributed by atoms with Gasteiger partial charge in [-0.2, -0.15) is 0 Å². The number of rotatable bonds is 6. The molecule has 0 amide bonds. The number of primary sulfonamides is 1. The number of hydrogen-bond acceptors (Lipinski definition) is 3. The molecule has 18 heavy (non-hydrogen) atoms. The van der Waals surface area contributed by atoms with Crippen molar-refractivity contribution in [2.24, 2.45) is 11.1 Å². The average molecular weight is 270 g/mol. The summed E-state index contributed by atoms with van der Waals surface area (Å²) in [6, 6.07) is 7.74. The van der Waals surface area contributed by atoms with Gasteiger partial charge in [0.05, 0.1) is 5.75 Å². The molecule has 4 nitrogen and oxygen atoms in total. The average Bonchev–Trinajstić information content (AvgIpc) is 2.28. The van der Waals surface area contributed by atoms with E-state index in [0.29, 0.717) is 17.5 Å². The molecule has 5 heteroatoms. The van der Waals surface area contributed by atoms with Gasteiger partial charge in [0.25, 0.3) is 0 Å². The van der Waals surface area contributed by atoms with E-state index < -0.39 is 10.0 Å². The van der Waals surface area contributed by atoms with Gasteiger partial charge in [-0.15, -0.1) is 0 Å². The van der Waals surface area contributed by atoms with Crippen LogP contribution in [0.25, 0.3) is 0 Å². The Morgan fingerprint density at radius 3 is 2.22 bits per heavy atom. The monoisotopic (exact) mass is 270 g/mol.